The minimum atomic E-state index is 0.0152. The molecule has 0 radical (unpaired) electrons. The Morgan fingerprint density at radius 3 is 3.05 bits per heavy atom. The molecule has 1 atom stereocenters. The molecule has 6 heteroatoms. The van der Waals surface area contributed by atoms with Gasteiger partial charge >= 0.3 is 0 Å². The summed E-state index contributed by atoms with van der Waals surface area (Å²) in [7, 11) is 0. The van der Waals surface area contributed by atoms with Crippen molar-refractivity contribution in [2.75, 3.05) is 13.1 Å². The first kappa shape index (κ1) is 13.3. The van der Waals surface area contributed by atoms with Crippen molar-refractivity contribution in [3.63, 3.8) is 0 Å². The lowest BCUT2D eigenvalue weighted by Gasteiger charge is -2.14. The molecular formula is C16H18N4O2. The van der Waals surface area contributed by atoms with Gasteiger partial charge in [0.1, 0.15) is 5.76 Å². The summed E-state index contributed by atoms with van der Waals surface area (Å²) in [5.41, 5.74) is 1.10. The van der Waals surface area contributed by atoms with E-state index >= 15 is 0 Å². The van der Waals surface area contributed by atoms with E-state index in [4.69, 9.17) is 4.42 Å². The second-order valence-corrected chi connectivity index (χ2v) is 5.97. The summed E-state index contributed by atoms with van der Waals surface area (Å²) in [5.74, 6) is 1.32. The van der Waals surface area contributed by atoms with Crippen molar-refractivity contribution in [3.8, 4) is 0 Å². The highest BCUT2D eigenvalue weighted by Crippen LogP contribution is 2.39. The van der Waals surface area contributed by atoms with Gasteiger partial charge in [-0.1, -0.05) is 5.21 Å². The van der Waals surface area contributed by atoms with Gasteiger partial charge in [-0.15, -0.1) is 5.10 Å². The molecule has 1 amide bonds. The van der Waals surface area contributed by atoms with Crippen LogP contribution in [0.5, 0.6) is 0 Å². The third kappa shape index (κ3) is 2.68. The average molecular weight is 298 g/mol. The van der Waals surface area contributed by atoms with Crippen molar-refractivity contribution in [1.82, 2.24) is 19.9 Å². The molecule has 114 valence electrons. The molecule has 0 N–H and O–H groups in total. The summed E-state index contributed by atoms with van der Waals surface area (Å²) >= 11 is 0. The van der Waals surface area contributed by atoms with Gasteiger partial charge < -0.3 is 9.32 Å². The molecule has 1 aliphatic heterocycles. The van der Waals surface area contributed by atoms with Crippen LogP contribution in [-0.4, -0.2) is 38.9 Å². The Morgan fingerprint density at radius 1 is 1.36 bits per heavy atom. The number of furan rings is 1. The largest absolute Gasteiger partial charge is 0.465 e. The van der Waals surface area contributed by atoms with Crippen LogP contribution in [0.1, 0.15) is 42.7 Å². The monoisotopic (exact) mass is 298 g/mol. The maximum Gasteiger partial charge on any atom is 0.246 e. The van der Waals surface area contributed by atoms with Crippen LogP contribution in [0.2, 0.25) is 0 Å². The van der Waals surface area contributed by atoms with Crippen LogP contribution in [0.25, 0.3) is 6.08 Å². The van der Waals surface area contributed by atoms with Crippen LogP contribution in [-0.2, 0) is 4.79 Å². The number of rotatable bonds is 4. The molecular weight excluding hydrogens is 280 g/mol. The fraction of sp³-hybridized carbons (Fsp3) is 0.438. The number of amides is 1. The molecule has 2 fully saturated rings. The van der Waals surface area contributed by atoms with Gasteiger partial charge in [-0.2, -0.15) is 0 Å². The van der Waals surface area contributed by atoms with Gasteiger partial charge in [-0.25, -0.2) is 4.68 Å². The standard InChI is InChI=1S/C16H18N4O2/c21-16(6-5-14-2-1-9-22-14)19-8-7-13(10-19)20-11-15(17-18-20)12-3-4-12/h1-2,5-6,9,11-13H,3-4,7-8,10H2/b6-5+/t13-/m0/s1. The zero-order valence-corrected chi connectivity index (χ0v) is 12.3. The highest BCUT2D eigenvalue weighted by molar-refractivity contribution is 5.91. The van der Waals surface area contributed by atoms with Crippen molar-refractivity contribution >= 4 is 12.0 Å². The van der Waals surface area contributed by atoms with Gasteiger partial charge in [0.15, 0.2) is 0 Å². The molecule has 0 unspecified atom stereocenters. The average Bonchev–Trinajstić information content (AvgIpc) is 3.02. The molecule has 4 rings (SSSR count). The van der Waals surface area contributed by atoms with Gasteiger partial charge in [-0.05, 0) is 37.5 Å². The minimum absolute atomic E-state index is 0.0152. The Bertz CT molecular complexity index is 685. The molecule has 1 aliphatic carbocycles. The summed E-state index contributed by atoms with van der Waals surface area (Å²) in [6.45, 7) is 1.44. The lowest BCUT2D eigenvalue weighted by molar-refractivity contribution is -0.125. The van der Waals surface area contributed by atoms with E-state index in [1.807, 2.05) is 15.6 Å². The van der Waals surface area contributed by atoms with Crippen molar-refractivity contribution in [3.05, 3.63) is 42.1 Å². The van der Waals surface area contributed by atoms with Crippen LogP contribution >= 0.6 is 0 Å². The van der Waals surface area contributed by atoms with Crippen LogP contribution in [0, 0.1) is 0 Å². The summed E-state index contributed by atoms with van der Waals surface area (Å²) in [6, 6.07) is 3.87. The number of carbonyl (C=O) groups excluding carboxylic acids is 1. The zero-order valence-electron chi connectivity index (χ0n) is 12.3. The molecule has 0 spiro atoms. The highest BCUT2D eigenvalue weighted by atomic mass is 16.3. The molecule has 22 heavy (non-hydrogen) atoms. The van der Waals surface area contributed by atoms with Crippen LogP contribution in [0.15, 0.2) is 35.1 Å². The second-order valence-electron chi connectivity index (χ2n) is 5.97. The summed E-state index contributed by atoms with van der Waals surface area (Å²) < 4.78 is 7.12. The molecule has 0 bridgehead atoms. The second kappa shape index (κ2) is 5.44. The van der Waals surface area contributed by atoms with Crippen molar-refractivity contribution in [1.29, 1.82) is 0 Å². The number of hydrogen-bond donors (Lipinski definition) is 0. The smallest absolute Gasteiger partial charge is 0.246 e. The molecule has 2 aromatic rings. The number of aromatic nitrogens is 3. The third-order valence-electron chi connectivity index (χ3n) is 4.31. The summed E-state index contributed by atoms with van der Waals surface area (Å²) in [4.78, 5) is 14.0. The van der Waals surface area contributed by atoms with Gasteiger partial charge in [0.2, 0.25) is 5.91 Å². The quantitative estimate of drug-likeness (QED) is 0.812. The van der Waals surface area contributed by atoms with Crippen molar-refractivity contribution < 1.29 is 9.21 Å². The lowest BCUT2D eigenvalue weighted by atomic mass is 10.2. The predicted octanol–water partition coefficient (Wildman–Crippen LogP) is 2.24. The molecule has 1 saturated carbocycles. The van der Waals surface area contributed by atoms with Gasteiger partial charge in [-0.3, -0.25) is 4.79 Å². The lowest BCUT2D eigenvalue weighted by Crippen LogP contribution is -2.27. The Kier molecular flexibility index (Phi) is 3.29. The molecule has 2 aromatic heterocycles. The number of likely N-dealkylation sites (tertiary alicyclic amines) is 1. The molecule has 0 aromatic carbocycles. The van der Waals surface area contributed by atoms with Crippen LogP contribution < -0.4 is 0 Å². The van der Waals surface area contributed by atoms with E-state index in [2.05, 4.69) is 16.5 Å². The van der Waals surface area contributed by atoms with E-state index in [-0.39, 0.29) is 11.9 Å². The Morgan fingerprint density at radius 2 is 2.27 bits per heavy atom. The minimum Gasteiger partial charge on any atom is -0.465 e. The fourth-order valence-electron chi connectivity index (χ4n) is 2.84. The van der Waals surface area contributed by atoms with E-state index in [1.165, 1.54) is 12.8 Å². The maximum atomic E-state index is 12.2. The molecule has 2 aliphatic rings. The Hall–Kier alpha value is -2.37. The van der Waals surface area contributed by atoms with E-state index in [1.54, 1.807) is 24.5 Å². The number of hydrogen-bond acceptors (Lipinski definition) is 4. The summed E-state index contributed by atoms with van der Waals surface area (Å²) in [6.07, 6.45) is 10.3. The fourth-order valence-corrected chi connectivity index (χ4v) is 2.84. The molecule has 3 heterocycles. The predicted molar refractivity (Wildman–Crippen MR) is 80.0 cm³/mol. The number of nitrogens with zero attached hydrogens (tertiary/aromatic N) is 4. The summed E-state index contributed by atoms with van der Waals surface area (Å²) in [5, 5.41) is 8.48. The maximum absolute atomic E-state index is 12.2. The first-order valence-electron chi connectivity index (χ1n) is 7.72. The van der Waals surface area contributed by atoms with Crippen LogP contribution in [0.4, 0.5) is 0 Å². The van der Waals surface area contributed by atoms with Gasteiger partial charge in [0, 0.05) is 31.3 Å². The topological polar surface area (TPSA) is 64.2 Å². The normalized spacial score (nSPS) is 21.8. The first-order valence-corrected chi connectivity index (χ1v) is 7.72. The van der Waals surface area contributed by atoms with Crippen LogP contribution in [0.3, 0.4) is 0 Å². The van der Waals surface area contributed by atoms with E-state index in [0.29, 0.717) is 18.2 Å². The van der Waals surface area contributed by atoms with E-state index < -0.39 is 0 Å². The third-order valence-corrected chi connectivity index (χ3v) is 4.31. The van der Waals surface area contributed by atoms with E-state index in [9.17, 15) is 4.79 Å². The SMILES string of the molecule is O=C(/C=C/c1ccco1)N1CC[C@H](n2cc(C3CC3)nn2)C1. The first-order chi connectivity index (χ1) is 10.8. The Balaban J connectivity index is 1.37. The molecule has 1 saturated heterocycles. The molecule has 6 nitrogen and oxygen atoms in total. The Labute approximate surface area is 128 Å². The van der Waals surface area contributed by atoms with Gasteiger partial charge in [0.05, 0.1) is 18.0 Å². The zero-order chi connectivity index (χ0) is 14.9. The van der Waals surface area contributed by atoms with Gasteiger partial charge in [0.25, 0.3) is 0 Å². The van der Waals surface area contributed by atoms with E-state index in [0.717, 1.165) is 18.7 Å². The number of carbonyl (C=O) groups is 1. The van der Waals surface area contributed by atoms with Crippen molar-refractivity contribution in [2.24, 2.45) is 0 Å². The highest BCUT2D eigenvalue weighted by Gasteiger charge is 2.30. The van der Waals surface area contributed by atoms with Crippen molar-refractivity contribution in [2.45, 2.75) is 31.2 Å².